The van der Waals surface area contributed by atoms with Crippen LogP contribution in [0.2, 0.25) is 5.02 Å². The molecule has 196 valence electrons. The summed E-state index contributed by atoms with van der Waals surface area (Å²) in [7, 11) is 0. The number of aromatic amines is 1. The van der Waals surface area contributed by atoms with Gasteiger partial charge in [-0.1, -0.05) is 48.0 Å². The number of benzene rings is 3. The molecule has 0 fully saturated rings. The first-order valence-corrected chi connectivity index (χ1v) is 12.8. The Bertz CT molecular complexity index is 1590. The van der Waals surface area contributed by atoms with Crippen LogP contribution in [0.3, 0.4) is 0 Å². The number of carbonyl (C=O) groups excluding carboxylic acids is 3. The number of nitrogens with zero attached hydrogens (tertiary/aromatic N) is 4. The molecule has 8 nitrogen and oxygen atoms in total. The minimum absolute atomic E-state index is 0.114. The van der Waals surface area contributed by atoms with Crippen molar-refractivity contribution in [3.63, 3.8) is 0 Å². The number of anilines is 2. The van der Waals surface area contributed by atoms with Crippen LogP contribution in [0.1, 0.15) is 19.5 Å². The quantitative estimate of drug-likeness (QED) is 0.263. The van der Waals surface area contributed by atoms with Crippen molar-refractivity contribution >= 4 is 57.7 Å². The average Bonchev–Trinajstić information content (AvgIpc) is 3.30. The van der Waals surface area contributed by atoms with E-state index < -0.39 is 11.8 Å². The lowest BCUT2D eigenvalue weighted by Crippen LogP contribution is -2.44. The summed E-state index contributed by atoms with van der Waals surface area (Å²) >= 11 is 6.04. The molecule has 1 aromatic heterocycles. The van der Waals surface area contributed by atoms with Gasteiger partial charge in [0.2, 0.25) is 5.91 Å². The Morgan fingerprint density at radius 1 is 0.949 bits per heavy atom. The minimum atomic E-state index is -0.602. The molecule has 1 aliphatic heterocycles. The monoisotopic (exact) mass is 539 g/mol. The van der Waals surface area contributed by atoms with Crippen LogP contribution in [0.5, 0.6) is 0 Å². The van der Waals surface area contributed by atoms with Crippen LogP contribution >= 0.6 is 11.6 Å². The number of nitrogens with one attached hydrogen (secondary N) is 1. The fraction of sp³-hybridized carbons (Fsp3) is 0.133. The van der Waals surface area contributed by atoms with Crippen LogP contribution in [0.25, 0.3) is 17.0 Å². The molecule has 0 spiro atoms. The molecule has 3 amide bonds. The molecule has 0 radical (unpaired) electrons. The van der Waals surface area contributed by atoms with Gasteiger partial charge >= 0.3 is 0 Å². The molecule has 0 atom stereocenters. The highest BCUT2D eigenvalue weighted by atomic mass is 35.5. The number of aromatic nitrogens is 2. The van der Waals surface area contributed by atoms with E-state index in [0.717, 1.165) is 10.9 Å². The van der Waals surface area contributed by atoms with Gasteiger partial charge in [-0.05, 0) is 62.4 Å². The fourth-order valence-corrected chi connectivity index (χ4v) is 4.61. The molecule has 0 saturated carbocycles. The average molecular weight is 540 g/mol. The van der Waals surface area contributed by atoms with Crippen molar-refractivity contribution in [1.29, 1.82) is 0 Å². The molecule has 4 aromatic rings. The molecular formula is C30H26ClN5O3. The van der Waals surface area contributed by atoms with Gasteiger partial charge in [0, 0.05) is 40.2 Å². The van der Waals surface area contributed by atoms with E-state index in [0.29, 0.717) is 22.1 Å². The van der Waals surface area contributed by atoms with E-state index in [1.165, 1.54) is 28.3 Å². The second-order valence-electron chi connectivity index (χ2n) is 9.29. The fourth-order valence-electron chi connectivity index (χ4n) is 4.48. The van der Waals surface area contributed by atoms with Gasteiger partial charge in [0.05, 0.1) is 11.2 Å². The summed E-state index contributed by atoms with van der Waals surface area (Å²) in [6, 6.07) is 23.2. The zero-order valence-electron chi connectivity index (χ0n) is 21.4. The lowest BCUT2D eigenvalue weighted by Gasteiger charge is -2.29. The highest BCUT2D eigenvalue weighted by Gasteiger charge is 2.33. The van der Waals surface area contributed by atoms with Crippen LogP contribution in [-0.4, -0.2) is 45.4 Å². The maximum absolute atomic E-state index is 13.8. The summed E-state index contributed by atoms with van der Waals surface area (Å²) in [4.78, 5) is 45.4. The molecule has 0 bridgehead atoms. The number of carbonyl (C=O) groups is 3. The summed E-state index contributed by atoms with van der Waals surface area (Å²) < 4.78 is 0. The Hall–Kier alpha value is -4.69. The summed E-state index contributed by atoms with van der Waals surface area (Å²) in [5.41, 5.74) is 2.36. The van der Waals surface area contributed by atoms with Crippen LogP contribution in [0, 0.1) is 0 Å². The molecule has 0 saturated heterocycles. The molecular weight excluding hydrogens is 514 g/mol. The predicted molar refractivity (Wildman–Crippen MR) is 153 cm³/mol. The van der Waals surface area contributed by atoms with E-state index in [-0.39, 0.29) is 24.1 Å². The third kappa shape index (κ3) is 5.32. The summed E-state index contributed by atoms with van der Waals surface area (Å²) in [5.74, 6) is -1.44. The SMILES string of the molecule is CC(C)N(C(=O)CN1C=CN(c2ccccc2)C(=O)/C(=C/c2n[nH]c3ccccc23)C1=O)c1ccc(Cl)cc1. The summed E-state index contributed by atoms with van der Waals surface area (Å²) in [6.45, 7) is 3.51. The molecule has 1 aliphatic rings. The predicted octanol–water partition coefficient (Wildman–Crippen LogP) is 5.39. The topological polar surface area (TPSA) is 89.6 Å². The van der Waals surface area contributed by atoms with Crippen molar-refractivity contribution in [3.05, 3.63) is 108 Å². The van der Waals surface area contributed by atoms with E-state index in [1.807, 2.05) is 56.3 Å². The summed E-state index contributed by atoms with van der Waals surface area (Å²) in [6.07, 6.45) is 4.45. The third-order valence-corrected chi connectivity index (χ3v) is 6.60. The van der Waals surface area contributed by atoms with Crippen LogP contribution in [0.15, 0.2) is 96.8 Å². The highest BCUT2D eigenvalue weighted by molar-refractivity contribution is 6.30. The van der Waals surface area contributed by atoms with Gasteiger partial charge in [-0.25, -0.2) is 0 Å². The van der Waals surface area contributed by atoms with Crippen molar-refractivity contribution < 1.29 is 14.4 Å². The van der Waals surface area contributed by atoms with Crippen molar-refractivity contribution in [2.24, 2.45) is 0 Å². The first-order valence-electron chi connectivity index (χ1n) is 12.4. The highest BCUT2D eigenvalue weighted by Crippen LogP contribution is 2.26. The number of hydrogen-bond acceptors (Lipinski definition) is 4. The molecule has 2 heterocycles. The molecule has 0 unspecified atom stereocenters. The maximum Gasteiger partial charge on any atom is 0.268 e. The van der Waals surface area contributed by atoms with E-state index in [9.17, 15) is 14.4 Å². The summed E-state index contributed by atoms with van der Waals surface area (Å²) in [5, 5.41) is 8.58. The molecule has 9 heteroatoms. The maximum atomic E-state index is 13.8. The Kier molecular flexibility index (Phi) is 7.29. The van der Waals surface area contributed by atoms with Gasteiger partial charge in [0.1, 0.15) is 12.1 Å². The number of amides is 3. The molecule has 3 aromatic carbocycles. The van der Waals surface area contributed by atoms with Crippen molar-refractivity contribution in [1.82, 2.24) is 15.1 Å². The third-order valence-electron chi connectivity index (χ3n) is 6.35. The van der Waals surface area contributed by atoms with Crippen LogP contribution in [0.4, 0.5) is 11.4 Å². The van der Waals surface area contributed by atoms with Crippen molar-refractivity contribution in [2.45, 2.75) is 19.9 Å². The first kappa shape index (κ1) is 25.9. The van der Waals surface area contributed by atoms with E-state index in [4.69, 9.17) is 11.6 Å². The zero-order chi connectivity index (χ0) is 27.5. The Morgan fingerprint density at radius 2 is 1.64 bits per heavy atom. The van der Waals surface area contributed by atoms with Gasteiger partial charge in [0.15, 0.2) is 0 Å². The Labute approximate surface area is 230 Å². The zero-order valence-corrected chi connectivity index (χ0v) is 22.2. The first-order chi connectivity index (χ1) is 18.8. The van der Waals surface area contributed by atoms with E-state index in [2.05, 4.69) is 10.2 Å². The van der Waals surface area contributed by atoms with E-state index >= 15 is 0 Å². The smallest absolute Gasteiger partial charge is 0.268 e. The van der Waals surface area contributed by atoms with Gasteiger partial charge < -0.3 is 9.80 Å². The van der Waals surface area contributed by atoms with Gasteiger partial charge in [-0.3, -0.25) is 24.4 Å². The molecule has 0 aliphatic carbocycles. The van der Waals surface area contributed by atoms with Crippen LogP contribution in [-0.2, 0) is 14.4 Å². The van der Waals surface area contributed by atoms with Gasteiger partial charge in [-0.15, -0.1) is 0 Å². The minimum Gasteiger partial charge on any atom is -0.308 e. The molecule has 5 rings (SSSR count). The van der Waals surface area contributed by atoms with E-state index in [1.54, 1.807) is 41.3 Å². The number of fused-ring (bicyclic) bond motifs is 1. The van der Waals surface area contributed by atoms with Crippen LogP contribution < -0.4 is 9.80 Å². The standard InChI is InChI=1S/C30H26ClN5O3/c1-20(2)36(23-14-12-21(31)13-15-23)28(37)19-34-16-17-35(22-8-4-3-5-9-22)30(39)25(29(34)38)18-27-24-10-6-7-11-26(24)32-33-27/h3-18,20H,19H2,1-2H3,(H,32,33)/b25-18+. The Morgan fingerprint density at radius 3 is 2.36 bits per heavy atom. The second kappa shape index (κ2) is 11.0. The Balaban J connectivity index is 1.54. The lowest BCUT2D eigenvalue weighted by atomic mass is 10.1. The number of H-pyrrole nitrogens is 1. The number of hydrogen-bond donors (Lipinski definition) is 1. The second-order valence-corrected chi connectivity index (χ2v) is 9.72. The molecule has 39 heavy (non-hydrogen) atoms. The number of rotatable bonds is 6. The van der Waals surface area contributed by atoms with Crippen molar-refractivity contribution in [3.8, 4) is 0 Å². The molecule has 1 N–H and O–H groups in total. The number of halogens is 1. The largest absolute Gasteiger partial charge is 0.308 e. The normalized spacial score (nSPS) is 14.9. The lowest BCUT2D eigenvalue weighted by molar-refractivity contribution is -0.131. The van der Waals surface area contributed by atoms with Gasteiger partial charge in [0.25, 0.3) is 11.8 Å². The van der Waals surface area contributed by atoms with Gasteiger partial charge in [-0.2, -0.15) is 5.10 Å². The van der Waals surface area contributed by atoms with Crippen molar-refractivity contribution in [2.75, 3.05) is 16.3 Å². The number of para-hydroxylation sites is 2.